The van der Waals surface area contributed by atoms with Crippen LogP contribution in [0.15, 0.2) is 23.4 Å². The largest absolute Gasteiger partial charge is 0.379 e. The first kappa shape index (κ1) is 17.8. The highest BCUT2D eigenvalue weighted by Gasteiger charge is 2.17. The molecule has 0 bridgehead atoms. The second-order valence-electron chi connectivity index (χ2n) is 5.46. The zero-order valence-corrected chi connectivity index (χ0v) is 15.6. The summed E-state index contributed by atoms with van der Waals surface area (Å²) >= 11 is 12.0. The normalized spacial score (nSPS) is 17.1. The Bertz CT molecular complexity index is 747. The van der Waals surface area contributed by atoms with Gasteiger partial charge in [0.05, 0.1) is 39.7 Å². The first-order valence-corrected chi connectivity index (χ1v) is 9.69. The summed E-state index contributed by atoms with van der Waals surface area (Å²) < 4.78 is 19.4. The fraction of sp³-hybridized carbons (Fsp3) is 0.467. The number of hydrogen-bond donors (Lipinski definition) is 0. The van der Waals surface area contributed by atoms with Gasteiger partial charge in [0.25, 0.3) is 0 Å². The Morgan fingerprint density at radius 1 is 1.25 bits per heavy atom. The predicted molar refractivity (Wildman–Crippen MR) is 94.7 cm³/mol. The number of rotatable bonds is 5. The summed E-state index contributed by atoms with van der Waals surface area (Å²) in [7, 11) is -1.24. The number of benzene rings is 1. The van der Waals surface area contributed by atoms with E-state index in [0.29, 0.717) is 26.8 Å². The molecule has 0 radical (unpaired) electrons. The molecule has 0 N–H and O–H groups in total. The van der Waals surface area contributed by atoms with Crippen molar-refractivity contribution in [2.24, 2.45) is 0 Å². The quantitative estimate of drug-likeness (QED) is 0.786. The molecular formula is C15H18Cl2N4O2S. The summed E-state index contributed by atoms with van der Waals surface area (Å²) in [6, 6.07) is 5.22. The molecule has 0 aliphatic carbocycles. The molecule has 2 heterocycles. The summed E-state index contributed by atoms with van der Waals surface area (Å²) in [5, 5.41) is 5.64. The Morgan fingerprint density at radius 2 is 2.00 bits per heavy atom. The van der Waals surface area contributed by atoms with Crippen LogP contribution >= 0.6 is 23.2 Å². The van der Waals surface area contributed by atoms with Crippen molar-refractivity contribution in [1.29, 1.82) is 0 Å². The average Bonchev–Trinajstić information content (AvgIpc) is 2.98. The van der Waals surface area contributed by atoms with Crippen molar-refractivity contribution in [2.75, 3.05) is 38.6 Å². The average molecular weight is 389 g/mol. The second kappa shape index (κ2) is 7.93. The molecule has 2 aromatic rings. The lowest BCUT2D eigenvalue weighted by atomic mass is 10.3. The van der Waals surface area contributed by atoms with Gasteiger partial charge in [-0.1, -0.05) is 23.2 Å². The van der Waals surface area contributed by atoms with Crippen LogP contribution in [-0.2, 0) is 15.5 Å². The van der Waals surface area contributed by atoms with Crippen molar-refractivity contribution in [3.63, 3.8) is 0 Å². The Balaban J connectivity index is 1.70. The van der Waals surface area contributed by atoms with Crippen LogP contribution in [0.4, 0.5) is 0 Å². The van der Waals surface area contributed by atoms with Gasteiger partial charge in [0.2, 0.25) is 5.16 Å². The molecule has 1 fully saturated rings. The van der Waals surface area contributed by atoms with Gasteiger partial charge in [-0.05, 0) is 25.1 Å². The van der Waals surface area contributed by atoms with E-state index in [1.54, 1.807) is 22.9 Å². The minimum absolute atomic E-state index is 0.340. The summed E-state index contributed by atoms with van der Waals surface area (Å²) in [6.45, 7) is 5.78. The molecule has 3 rings (SSSR count). The van der Waals surface area contributed by atoms with Crippen molar-refractivity contribution in [3.8, 4) is 5.69 Å². The zero-order valence-electron chi connectivity index (χ0n) is 13.2. The van der Waals surface area contributed by atoms with Crippen LogP contribution in [0.3, 0.4) is 0 Å². The Morgan fingerprint density at radius 3 is 2.71 bits per heavy atom. The third-order valence-corrected chi connectivity index (χ3v) is 5.67. The van der Waals surface area contributed by atoms with Crippen molar-refractivity contribution < 1.29 is 8.95 Å². The van der Waals surface area contributed by atoms with Gasteiger partial charge in [0.1, 0.15) is 5.82 Å². The fourth-order valence-corrected chi connectivity index (χ4v) is 3.76. The standard InChI is InChI=1S/C15H18Cl2N4O2S/c1-11-18-15(24(22)9-6-20-4-7-23-8-5-20)19-21(11)12-2-3-13(16)14(17)10-12/h2-3,10H,4-9H2,1H3. The van der Waals surface area contributed by atoms with Crippen LogP contribution in [0.2, 0.25) is 10.0 Å². The van der Waals surface area contributed by atoms with E-state index in [9.17, 15) is 4.21 Å². The first-order chi connectivity index (χ1) is 11.5. The smallest absolute Gasteiger partial charge is 0.239 e. The molecule has 1 aromatic heterocycles. The number of nitrogens with zero attached hydrogens (tertiary/aromatic N) is 4. The van der Waals surface area contributed by atoms with E-state index >= 15 is 0 Å². The molecule has 1 atom stereocenters. The van der Waals surface area contributed by atoms with Gasteiger partial charge in [-0.25, -0.2) is 9.67 Å². The van der Waals surface area contributed by atoms with E-state index in [4.69, 9.17) is 27.9 Å². The van der Waals surface area contributed by atoms with Crippen LogP contribution in [0, 0.1) is 6.92 Å². The highest BCUT2D eigenvalue weighted by atomic mass is 35.5. The summed E-state index contributed by atoms with van der Waals surface area (Å²) in [4.78, 5) is 6.58. The third kappa shape index (κ3) is 4.15. The minimum atomic E-state index is -1.24. The number of halogens is 2. The van der Waals surface area contributed by atoms with Gasteiger partial charge in [0.15, 0.2) is 0 Å². The van der Waals surface area contributed by atoms with E-state index in [2.05, 4.69) is 15.0 Å². The summed E-state index contributed by atoms with van der Waals surface area (Å²) in [5.74, 6) is 1.16. The topological polar surface area (TPSA) is 60.3 Å². The third-order valence-electron chi connectivity index (χ3n) is 3.80. The fourth-order valence-electron chi connectivity index (χ4n) is 2.45. The highest BCUT2D eigenvalue weighted by Crippen LogP contribution is 2.24. The SMILES string of the molecule is Cc1nc(S(=O)CCN2CCOCC2)nn1-c1ccc(Cl)c(Cl)c1. The Kier molecular flexibility index (Phi) is 5.89. The number of hydrogen-bond acceptors (Lipinski definition) is 5. The Labute approximate surface area is 153 Å². The van der Waals surface area contributed by atoms with Crippen molar-refractivity contribution >= 4 is 34.0 Å². The second-order valence-corrected chi connectivity index (χ2v) is 7.73. The van der Waals surface area contributed by atoms with Gasteiger partial charge in [0, 0.05) is 25.4 Å². The number of morpholine rings is 1. The lowest BCUT2D eigenvalue weighted by molar-refractivity contribution is 0.0409. The van der Waals surface area contributed by atoms with Crippen LogP contribution in [0.25, 0.3) is 5.69 Å². The molecule has 0 amide bonds. The van der Waals surface area contributed by atoms with Gasteiger partial charge in [-0.15, -0.1) is 5.10 Å². The molecule has 1 saturated heterocycles. The van der Waals surface area contributed by atoms with Gasteiger partial charge >= 0.3 is 0 Å². The molecule has 1 aliphatic rings. The van der Waals surface area contributed by atoms with Crippen molar-refractivity contribution in [3.05, 3.63) is 34.1 Å². The lowest BCUT2D eigenvalue weighted by Crippen LogP contribution is -2.38. The molecule has 1 aliphatic heterocycles. The van der Waals surface area contributed by atoms with Crippen molar-refractivity contribution in [2.45, 2.75) is 12.1 Å². The van der Waals surface area contributed by atoms with E-state index in [0.717, 1.165) is 38.5 Å². The molecule has 130 valence electrons. The maximum atomic E-state index is 12.5. The van der Waals surface area contributed by atoms with Crippen LogP contribution in [0.1, 0.15) is 5.82 Å². The molecule has 24 heavy (non-hydrogen) atoms. The Hall–Kier alpha value is -0.990. The van der Waals surface area contributed by atoms with Gasteiger partial charge in [-0.2, -0.15) is 0 Å². The number of aromatic nitrogens is 3. The molecule has 1 unspecified atom stereocenters. The van der Waals surface area contributed by atoms with Gasteiger partial charge < -0.3 is 4.74 Å². The lowest BCUT2D eigenvalue weighted by Gasteiger charge is -2.25. The van der Waals surface area contributed by atoms with E-state index < -0.39 is 10.8 Å². The minimum Gasteiger partial charge on any atom is -0.379 e. The summed E-state index contributed by atoms with van der Waals surface area (Å²) in [5.41, 5.74) is 0.742. The van der Waals surface area contributed by atoms with Crippen LogP contribution in [0.5, 0.6) is 0 Å². The highest BCUT2D eigenvalue weighted by molar-refractivity contribution is 7.84. The van der Waals surface area contributed by atoms with E-state index in [1.807, 2.05) is 6.92 Å². The zero-order chi connectivity index (χ0) is 17.1. The van der Waals surface area contributed by atoms with Gasteiger partial charge in [-0.3, -0.25) is 9.11 Å². The molecule has 1 aromatic carbocycles. The number of aryl methyl sites for hydroxylation is 1. The van der Waals surface area contributed by atoms with E-state index in [-0.39, 0.29) is 0 Å². The maximum absolute atomic E-state index is 12.5. The monoisotopic (exact) mass is 388 g/mol. The number of ether oxygens (including phenoxy) is 1. The molecule has 9 heteroatoms. The maximum Gasteiger partial charge on any atom is 0.239 e. The van der Waals surface area contributed by atoms with E-state index in [1.165, 1.54) is 0 Å². The molecule has 0 saturated carbocycles. The molecule has 6 nitrogen and oxygen atoms in total. The van der Waals surface area contributed by atoms with Crippen LogP contribution < -0.4 is 0 Å². The predicted octanol–water partition coefficient (Wildman–Crippen LogP) is 2.32. The first-order valence-electron chi connectivity index (χ1n) is 7.62. The molecular weight excluding hydrogens is 371 g/mol. The molecule has 0 spiro atoms. The van der Waals surface area contributed by atoms with Crippen molar-refractivity contribution in [1.82, 2.24) is 19.7 Å². The van der Waals surface area contributed by atoms with Crippen LogP contribution in [-0.4, -0.2) is 62.5 Å². The summed E-state index contributed by atoms with van der Waals surface area (Å²) in [6.07, 6.45) is 0.